The molecule has 0 aromatic heterocycles. The van der Waals surface area contributed by atoms with Crippen LogP contribution in [0.1, 0.15) is 62.7 Å². The van der Waals surface area contributed by atoms with Crippen LogP contribution < -0.4 is 0 Å². The van der Waals surface area contributed by atoms with Gasteiger partial charge in [-0.1, -0.05) is 18.0 Å². The first-order valence-corrected chi connectivity index (χ1v) is 12.3. The zero-order valence-corrected chi connectivity index (χ0v) is 19.0. The molecular formula is C21H29ClN2O5S. The molecule has 0 spiro atoms. The molecule has 0 N–H and O–H groups in total. The number of hydrogen-bond acceptors (Lipinski definition) is 5. The minimum atomic E-state index is -3.79. The van der Waals surface area contributed by atoms with Gasteiger partial charge in [0.05, 0.1) is 10.6 Å². The third kappa shape index (κ3) is 4.98. The highest BCUT2D eigenvalue weighted by Gasteiger charge is 2.31. The molecule has 2 heterocycles. The summed E-state index contributed by atoms with van der Waals surface area (Å²) in [6.45, 7) is 4.49. The summed E-state index contributed by atoms with van der Waals surface area (Å²) in [5.41, 5.74) is 0.0579. The van der Waals surface area contributed by atoms with E-state index >= 15 is 0 Å². The molecule has 2 aliphatic rings. The number of piperidine rings is 2. The Morgan fingerprint density at radius 3 is 2.33 bits per heavy atom. The van der Waals surface area contributed by atoms with Crippen molar-refractivity contribution >= 4 is 33.5 Å². The van der Waals surface area contributed by atoms with E-state index in [1.54, 1.807) is 4.90 Å². The average Bonchev–Trinajstić information content (AvgIpc) is 2.72. The van der Waals surface area contributed by atoms with E-state index in [0.717, 1.165) is 38.5 Å². The number of ether oxygens (including phenoxy) is 1. The van der Waals surface area contributed by atoms with E-state index in [0.29, 0.717) is 13.1 Å². The van der Waals surface area contributed by atoms with Crippen molar-refractivity contribution in [2.24, 2.45) is 0 Å². The van der Waals surface area contributed by atoms with Crippen molar-refractivity contribution in [2.45, 2.75) is 69.4 Å². The lowest BCUT2D eigenvalue weighted by molar-refractivity contribution is -0.140. The first kappa shape index (κ1) is 23.0. The summed E-state index contributed by atoms with van der Waals surface area (Å²) in [6.07, 6.45) is 5.53. The minimum absolute atomic E-state index is 0.0579. The molecule has 0 bridgehead atoms. The molecule has 1 aromatic rings. The van der Waals surface area contributed by atoms with E-state index in [4.69, 9.17) is 16.3 Å². The molecule has 2 aliphatic heterocycles. The fourth-order valence-electron chi connectivity index (χ4n) is 4.27. The van der Waals surface area contributed by atoms with Crippen LogP contribution in [0.25, 0.3) is 0 Å². The van der Waals surface area contributed by atoms with Gasteiger partial charge in [-0.2, -0.15) is 4.31 Å². The zero-order valence-electron chi connectivity index (χ0n) is 17.5. The van der Waals surface area contributed by atoms with Gasteiger partial charge in [0.25, 0.3) is 5.91 Å². The Labute approximate surface area is 183 Å². The first-order valence-electron chi connectivity index (χ1n) is 10.5. The normalized spacial score (nSPS) is 23.2. The summed E-state index contributed by atoms with van der Waals surface area (Å²) >= 11 is 6.15. The van der Waals surface area contributed by atoms with Crippen LogP contribution in [-0.4, -0.2) is 61.3 Å². The molecule has 1 amide bonds. The van der Waals surface area contributed by atoms with Gasteiger partial charge in [-0.3, -0.25) is 4.79 Å². The van der Waals surface area contributed by atoms with Gasteiger partial charge in [-0.05, 0) is 64.2 Å². The quantitative estimate of drug-likeness (QED) is 0.633. The molecule has 2 saturated heterocycles. The van der Waals surface area contributed by atoms with E-state index < -0.39 is 16.0 Å². The third-order valence-electron chi connectivity index (χ3n) is 5.91. The standard InChI is InChI=1S/C21H29ClN2O5S/c1-15-7-6-8-16(2)24(15)20(25)14-29-21(26)17-9-10-18(22)19(13-17)30(27,28)23-11-4-3-5-12-23/h9-10,13,15-16H,3-8,11-12,14H2,1-2H3/t15-,16-/m1/s1. The van der Waals surface area contributed by atoms with Crippen LogP contribution in [0, 0.1) is 0 Å². The Kier molecular flexibility index (Phi) is 7.42. The van der Waals surface area contributed by atoms with Crippen LogP contribution in [0.3, 0.4) is 0 Å². The molecule has 3 rings (SSSR count). The van der Waals surface area contributed by atoms with Crippen molar-refractivity contribution in [3.63, 3.8) is 0 Å². The number of benzene rings is 1. The van der Waals surface area contributed by atoms with Gasteiger partial charge in [0.2, 0.25) is 10.0 Å². The largest absolute Gasteiger partial charge is 0.452 e. The summed E-state index contributed by atoms with van der Waals surface area (Å²) in [7, 11) is -3.79. The number of carbonyl (C=O) groups is 2. The second-order valence-electron chi connectivity index (χ2n) is 8.12. The number of hydrogen-bond donors (Lipinski definition) is 0. The predicted molar refractivity (Wildman–Crippen MR) is 114 cm³/mol. The maximum atomic E-state index is 13.0. The number of likely N-dealkylation sites (tertiary alicyclic amines) is 1. The Balaban J connectivity index is 1.71. The highest BCUT2D eigenvalue weighted by molar-refractivity contribution is 7.89. The number of nitrogens with zero attached hydrogens (tertiary/aromatic N) is 2. The predicted octanol–water partition coefficient (Wildman–Crippen LogP) is 3.46. The maximum Gasteiger partial charge on any atom is 0.338 e. The van der Waals surface area contributed by atoms with Gasteiger partial charge in [-0.25, -0.2) is 13.2 Å². The Bertz CT molecular complexity index is 889. The number of halogens is 1. The number of sulfonamides is 1. The lowest BCUT2D eigenvalue weighted by Crippen LogP contribution is -2.49. The smallest absolute Gasteiger partial charge is 0.338 e. The molecule has 0 radical (unpaired) electrons. The summed E-state index contributed by atoms with van der Waals surface area (Å²) in [6, 6.07) is 4.25. The maximum absolute atomic E-state index is 13.0. The van der Waals surface area contributed by atoms with Crippen molar-refractivity contribution < 1.29 is 22.7 Å². The van der Waals surface area contributed by atoms with E-state index in [1.165, 1.54) is 22.5 Å². The van der Waals surface area contributed by atoms with Crippen molar-refractivity contribution in [3.05, 3.63) is 28.8 Å². The minimum Gasteiger partial charge on any atom is -0.452 e. The van der Waals surface area contributed by atoms with Gasteiger partial charge in [0, 0.05) is 25.2 Å². The van der Waals surface area contributed by atoms with E-state index in [1.807, 2.05) is 13.8 Å². The fraction of sp³-hybridized carbons (Fsp3) is 0.619. The van der Waals surface area contributed by atoms with Crippen molar-refractivity contribution in [3.8, 4) is 0 Å². The van der Waals surface area contributed by atoms with Crippen LogP contribution in [0.4, 0.5) is 0 Å². The molecule has 2 atom stereocenters. The molecule has 1 aromatic carbocycles. The van der Waals surface area contributed by atoms with Crippen molar-refractivity contribution in [2.75, 3.05) is 19.7 Å². The average molecular weight is 457 g/mol. The van der Waals surface area contributed by atoms with Crippen LogP contribution >= 0.6 is 11.6 Å². The van der Waals surface area contributed by atoms with Crippen LogP contribution in [-0.2, 0) is 19.6 Å². The van der Waals surface area contributed by atoms with Crippen LogP contribution in [0.2, 0.25) is 5.02 Å². The van der Waals surface area contributed by atoms with Gasteiger partial charge in [0.1, 0.15) is 4.90 Å². The third-order valence-corrected chi connectivity index (χ3v) is 8.29. The second kappa shape index (κ2) is 9.66. The van der Waals surface area contributed by atoms with Gasteiger partial charge < -0.3 is 9.64 Å². The fourth-order valence-corrected chi connectivity index (χ4v) is 6.29. The van der Waals surface area contributed by atoms with E-state index in [2.05, 4.69) is 0 Å². The second-order valence-corrected chi connectivity index (χ2v) is 10.4. The summed E-state index contributed by atoms with van der Waals surface area (Å²) in [5, 5.41) is 0.0594. The van der Waals surface area contributed by atoms with Crippen LogP contribution in [0.5, 0.6) is 0 Å². The van der Waals surface area contributed by atoms with Crippen LogP contribution in [0.15, 0.2) is 23.1 Å². The number of esters is 1. The molecule has 7 nitrogen and oxygen atoms in total. The molecule has 166 valence electrons. The van der Waals surface area contributed by atoms with Gasteiger partial charge in [-0.15, -0.1) is 0 Å². The molecule has 0 unspecified atom stereocenters. The summed E-state index contributed by atoms with van der Waals surface area (Å²) in [4.78, 5) is 26.7. The van der Waals surface area contributed by atoms with E-state index in [9.17, 15) is 18.0 Å². The monoisotopic (exact) mass is 456 g/mol. The first-order chi connectivity index (χ1) is 14.2. The lowest BCUT2D eigenvalue weighted by Gasteiger charge is -2.38. The topological polar surface area (TPSA) is 84.0 Å². The molecular weight excluding hydrogens is 428 g/mol. The number of carbonyl (C=O) groups excluding carboxylic acids is 2. The highest BCUT2D eigenvalue weighted by Crippen LogP contribution is 2.28. The Hall–Kier alpha value is -1.64. The van der Waals surface area contributed by atoms with Gasteiger partial charge in [0.15, 0.2) is 6.61 Å². The van der Waals surface area contributed by atoms with Gasteiger partial charge >= 0.3 is 5.97 Å². The van der Waals surface area contributed by atoms with Crippen molar-refractivity contribution in [1.82, 2.24) is 9.21 Å². The lowest BCUT2D eigenvalue weighted by atomic mass is 9.97. The molecule has 2 fully saturated rings. The molecule has 30 heavy (non-hydrogen) atoms. The Morgan fingerprint density at radius 1 is 1.07 bits per heavy atom. The summed E-state index contributed by atoms with van der Waals surface area (Å²) < 4.78 is 32.5. The number of rotatable bonds is 5. The summed E-state index contributed by atoms with van der Waals surface area (Å²) in [5.74, 6) is -0.981. The Morgan fingerprint density at radius 2 is 1.70 bits per heavy atom. The number of amides is 1. The van der Waals surface area contributed by atoms with Crippen molar-refractivity contribution in [1.29, 1.82) is 0 Å². The van der Waals surface area contributed by atoms with E-state index in [-0.39, 0.29) is 40.1 Å². The molecule has 0 saturated carbocycles. The molecule has 0 aliphatic carbocycles. The molecule has 9 heteroatoms. The zero-order chi connectivity index (χ0) is 21.9. The SMILES string of the molecule is C[C@@H]1CCC[C@@H](C)N1C(=O)COC(=O)c1ccc(Cl)c(S(=O)(=O)N2CCCCC2)c1. The highest BCUT2D eigenvalue weighted by atomic mass is 35.5.